The molecule has 1 atom stereocenters. The average Bonchev–Trinajstić information content (AvgIpc) is 2.82. The van der Waals surface area contributed by atoms with Crippen LogP contribution in [0, 0.1) is 13.8 Å². The minimum absolute atomic E-state index is 0.0652. The first-order chi connectivity index (χ1) is 9.87. The Labute approximate surface area is 126 Å². The van der Waals surface area contributed by atoms with Crippen LogP contribution in [0.4, 0.5) is 0 Å². The predicted octanol–water partition coefficient (Wildman–Crippen LogP) is 2.85. The van der Waals surface area contributed by atoms with E-state index in [2.05, 4.69) is 5.32 Å². The number of hydrogen-bond acceptors (Lipinski definition) is 4. The molecule has 0 aliphatic heterocycles. The Hall–Kier alpha value is -1.59. The van der Waals surface area contributed by atoms with Gasteiger partial charge in [-0.05, 0) is 45.0 Å². The third kappa shape index (κ3) is 4.44. The van der Waals surface area contributed by atoms with E-state index in [0.717, 1.165) is 17.1 Å². The molecular weight excluding hydrogens is 286 g/mol. The van der Waals surface area contributed by atoms with E-state index in [-0.39, 0.29) is 11.8 Å². The van der Waals surface area contributed by atoms with Crippen LogP contribution in [0.5, 0.6) is 0 Å². The molecular formula is C16H21NO3S. The van der Waals surface area contributed by atoms with Crippen molar-refractivity contribution in [3.8, 4) is 0 Å². The normalized spacial score (nSPS) is 13.3. The molecule has 1 heterocycles. The van der Waals surface area contributed by atoms with Crippen LogP contribution in [0.1, 0.15) is 24.0 Å². The molecule has 114 valence electrons. The monoisotopic (exact) mass is 307 g/mol. The second-order valence-electron chi connectivity index (χ2n) is 5.39. The molecule has 0 radical (unpaired) electrons. The molecule has 0 amide bonds. The number of sulfone groups is 1. The first-order valence-corrected chi connectivity index (χ1v) is 8.60. The first-order valence-electron chi connectivity index (χ1n) is 6.95. The molecule has 2 aromatic rings. The fraction of sp³-hybridized carbons (Fsp3) is 0.375. The van der Waals surface area contributed by atoms with E-state index in [1.54, 1.807) is 12.1 Å². The largest absolute Gasteiger partial charge is 0.465 e. The molecule has 4 nitrogen and oxygen atoms in total. The highest BCUT2D eigenvalue weighted by Gasteiger charge is 2.18. The summed E-state index contributed by atoms with van der Waals surface area (Å²) in [7, 11) is -3.27. The average molecular weight is 307 g/mol. The molecule has 1 N–H and O–H groups in total. The molecule has 0 bridgehead atoms. The second kappa shape index (κ2) is 6.45. The van der Waals surface area contributed by atoms with Crippen molar-refractivity contribution in [3.63, 3.8) is 0 Å². The first kappa shape index (κ1) is 15.8. The van der Waals surface area contributed by atoms with Crippen molar-refractivity contribution in [1.29, 1.82) is 0 Å². The van der Waals surface area contributed by atoms with Gasteiger partial charge in [0.1, 0.15) is 11.5 Å². The Morgan fingerprint density at radius 2 is 1.76 bits per heavy atom. The van der Waals surface area contributed by atoms with Crippen LogP contribution in [0.2, 0.25) is 0 Å². The maximum absolute atomic E-state index is 12.3. The Morgan fingerprint density at radius 1 is 1.10 bits per heavy atom. The molecule has 0 saturated heterocycles. The van der Waals surface area contributed by atoms with Crippen molar-refractivity contribution in [2.24, 2.45) is 0 Å². The summed E-state index contributed by atoms with van der Waals surface area (Å²) in [6.45, 7) is 6.21. The topological polar surface area (TPSA) is 59.3 Å². The van der Waals surface area contributed by atoms with Crippen molar-refractivity contribution in [3.05, 3.63) is 53.5 Å². The van der Waals surface area contributed by atoms with Gasteiger partial charge in [-0.25, -0.2) is 8.42 Å². The van der Waals surface area contributed by atoms with Gasteiger partial charge in [0.2, 0.25) is 0 Å². The van der Waals surface area contributed by atoms with Gasteiger partial charge < -0.3 is 9.73 Å². The molecule has 1 aromatic carbocycles. The van der Waals surface area contributed by atoms with E-state index in [4.69, 9.17) is 4.42 Å². The van der Waals surface area contributed by atoms with Crippen LogP contribution in [0.3, 0.4) is 0 Å². The highest BCUT2D eigenvalue weighted by atomic mass is 32.2. The lowest BCUT2D eigenvalue weighted by molar-refractivity contribution is 0.447. The van der Waals surface area contributed by atoms with E-state index in [1.807, 2.05) is 45.0 Å². The number of nitrogens with one attached hydrogen (secondary N) is 1. The van der Waals surface area contributed by atoms with Gasteiger partial charge in [-0.15, -0.1) is 0 Å². The standard InChI is InChI=1S/C16H21NO3S/c1-12-4-8-16(9-5-12)21(18,19)11-13(2)17-10-15-7-6-14(3)20-15/h4-9,13,17H,10-11H2,1-3H3. The molecule has 21 heavy (non-hydrogen) atoms. The molecule has 0 fully saturated rings. The molecule has 5 heteroatoms. The van der Waals surface area contributed by atoms with Crippen LogP contribution in [0.15, 0.2) is 45.7 Å². The Balaban J connectivity index is 1.94. The Kier molecular flexibility index (Phi) is 4.85. The van der Waals surface area contributed by atoms with E-state index in [9.17, 15) is 8.42 Å². The van der Waals surface area contributed by atoms with Gasteiger partial charge in [0.25, 0.3) is 0 Å². The summed E-state index contributed by atoms with van der Waals surface area (Å²) in [5.41, 5.74) is 1.05. The number of furan rings is 1. The maximum Gasteiger partial charge on any atom is 0.179 e. The molecule has 0 aliphatic rings. The van der Waals surface area contributed by atoms with Gasteiger partial charge in [0.15, 0.2) is 9.84 Å². The lowest BCUT2D eigenvalue weighted by Crippen LogP contribution is -2.32. The van der Waals surface area contributed by atoms with Crippen LogP contribution >= 0.6 is 0 Å². The quantitative estimate of drug-likeness (QED) is 0.891. The molecule has 1 unspecified atom stereocenters. The summed E-state index contributed by atoms with van der Waals surface area (Å²) in [5.74, 6) is 1.73. The van der Waals surface area contributed by atoms with E-state index in [0.29, 0.717) is 11.4 Å². The van der Waals surface area contributed by atoms with E-state index >= 15 is 0 Å². The summed E-state index contributed by atoms with van der Waals surface area (Å²) in [5, 5.41) is 3.18. The number of benzene rings is 1. The van der Waals surface area contributed by atoms with Crippen molar-refractivity contribution in [1.82, 2.24) is 5.32 Å². The predicted molar refractivity (Wildman–Crippen MR) is 83.0 cm³/mol. The minimum atomic E-state index is -3.27. The zero-order chi connectivity index (χ0) is 15.5. The SMILES string of the molecule is Cc1ccc(S(=O)(=O)CC(C)NCc2ccc(C)o2)cc1. The lowest BCUT2D eigenvalue weighted by Gasteiger charge is -2.13. The summed E-state index contributed by atoms with van der Waals surface area (Å²) < 4.78 is 30.1. The maximum atomic E-state index is 12.3. The minimum Gasteiger partial charge on any atom is -0.465 e. The molecule has 2 rings (SSSR count). The fourth-order valence-corrected chi connectivity index (χ4v) is 3.60. The summed E-state index contributed by atoms with van der Waals surface area (Å²) in [6, 6.07) is 10.6. The highest BCUT2D eigenvalue weighted by molar-refractivity contribution is 7.91. The number of aryl methyl sites for hydroxylation is 2. The highest BCUT2D eigenvalue weighted by Crippen LogP contribution is 2.13. The van der Waals surface area contributed by atoms with Crippen molar-refractivity contribution in [2.75, 3.05) is 5.75 Å². The van der Waals surface area contributed by atoms with Gasteiger partial charge in [0, 0.05) is 6.04 Å². The fourth-order valence-electron chi connectivity index (χ4n) is 2.08. The second-order valence-corrected chi connectivity index (χ2v) is 7.42. The van der Waals surface area contributed by atoms with Gasteiger partial charge >= 0.3 is 0 Å². The summed E-state index contributed by atoms with van der Waals surface area (Å²) in [4.78, 5) is 0.371. The van der Waals surface area contributed by atoms with Crippen LogP contribution in [-0.4, -0.2) is 20.2 Å². The molecule has 0 spiro atoms. The van der Waals surface area contributed by atoms with E-state index < -0.39 is 9.84 Å². The zero-order valence-electron chi connectivity index (χ0n) is 12.6. The summed E-state index contributed by atoms with van der Waals surface area (Å²) >= 11 is 0. The van der Waals surface area contributed by atoms with Crippen LogP contribution in [-0.2, 0) is 16.4 Å². The van der Waals surface area contributed by atoms with Crippen LogP contribution in [0.25, 0.3) is 0 Å². The molecule has 1 aromatic heterocycles. The Morgan fingerprint density at radius 3 is 2.33 bits per heavy atom. The molecule has 0 aliphatic carbocycles. The number of hydrogen-bond donors (Lipinski definition) is 1. The smallest absolute Gasteiger partial charge is 0.179 e. The van der Waals surface area contributed by atoms with Crippen molar-refractivity contribution in [2.45, 2.75) is 38.3 Å². The van der Waals surface area contributed by atoms with Crippen molar-refractivity contribution < 1.29 is 12.8 Å². The number of rotatable bonds is 6. The molecule has 0 saturated carbocycles. The van der Waals surface area contributed by atoms with Crippen molar-refractivity contribution >= 4 is 9.84 Å². The lowest BCUT2D eigenvalue weighted by atomic mass is 10.2. The zero-order valence-corrected chi connectivity index (χ0v) is 13.4. The van der Waals surface area contributed by atoms with Gasteiger partial charge in [-0.3, -0.25) is 0 Å². The van der Waals surface area contributed by atoms with Gasteiger partial charge in [-0.1, -0.05) is 17.7 Å². The van der Waals surface area contributed by atoms with E-state index in [1.165, 1.54) is 0 Å². The summed E-state index contributed by atoms with van der Waals surface area (Å²) in [6.07, 6.45) is 0. The van der Waals surface area contributed by atoms with Crippen LogP contribution < -0.4 is 5.32 Å². The third-order valence-corrected chi connectivity index (χ3v) is 5.20. The Bertz CT molecular complexity index is 687. The van der Waals surface area contributed by atoms with Gasteiger partial charge in [0.05, 0.1) is 17.2 Å². The van der Waals surface area contributed by atoms with Gasteiger partial charge in [-0.2, -0.15) is 0 Å². The third-order valence-electron chi connectivity index (χ3n) is 3.27.